The topological polar surface area (TPSA) is 45.8 Å². The highest BCUT2D eigenvalue weighted by Gasteiger charge is 2.10. The molecule has 1 heterocycles. The van der Waals surface area contributed by atoms with E-state index in [0.717, 1.165) is 17.9 Å². The zero-order valence-electron chi connectivity index (χ0n) is 16.0. The van der Waals surface area contributed by atoms with Crippen LogP contribution in [-0.4, -0.2) is 37.3 Å². The van der Waals surface area contributed by atoms with Gasteiger partial charge in [0.25, 0.3) is 0 Å². The molecule has 5 nitrogen and oxygen atoms in total. The molecule has 1 aliphatic rings. The Bertz CT molecular complexity index is 759. The van der Waals surface area contributed by atoms with Crippen LogP contribution >= 0.6 is 12.2 Å². The van der Waals surface area contributed by atoms with Crippen molar-refractivity contribution in [3.63, 3.8) is 0 Å². The van der Waals surface area contributed by atoms with E-state index in [1.807, 2.05) is 18.2 Å². The zero-order chi connectivity index (χ0) is 19.1. The summed E-state index contributed by atoms with van der Waals surface area (Å²) in [5, 5.41) is 6.93. The first-order chi connectivity index (χ1) is 13.2. The minimum atomic E-state index is 0.533. The number of piperidine rings is 1. The molecule has 0 saturated carbocycles. The maximum Gasteiger partial charge on any atom is 0.175 e. The number of ether oxygens (including phenoxy) is 2. The average molecular weight is 386 g/mol. The molecule has 0 atom stereocenters. The molecule has 0 aliphatic carbocycles. The Kier molecular flexibility index (Phi) is 6.90. The van der Waals surface area contributed by atoms with Crippen LogP contribution in [0.2, 0.25) is 0 Å². The van der Waals surface area contributed by atoms with Gasteiger partial charge in [-0.15, -0.1) is 0 Å². The number of methoxy groups -OCH3 is 2. The molecule has 2 aromatic carbocycles. The molecule has 1 aliphatic heterocycles. The van der Waals surface area contributed by atoms with Crippen LogP contribution in [0, 0.1) is 0 Å². The number of rotatable bonds is 6. The highest BCUT2D eigenvalue weighted by Crippen LogP contribution is 2.29. The van der Waals surface area contributed by atoms with Gasteiger partial charge < -0.3 is 20.1 Å². The van der Waals surface area contributed by atoms with Gasteiger partial charge in [0.15, 0.2) is 16.6 Å². The maximum absolute atomic E-state index is 5.42. The number of nitrogens with one attached hydrogen (secondary N) is 2. The molecule has 0 spiro atoms. The molecule has 0 bridgehead atoms. The largest absolute Gasteiger partial charge is 0.493 e. The molecule has 27 heavy (non-hydrogen) atoms. The summed E-state index contributed by atoms with van der Waals surface area (Å²) in [4.78, 5) is 2.52. The lowest BCUT2D eigenvalue weighted by Crippen LogP contribution is -2.29. The number of likely N-dealkylation sites (tertiary alicyclic amines) is 1. The molecule has 0 aromatic heterocycles. The third kappa shape index (κ3) is 5.58. The van der Waals surface area contributed by atoms with Crippen molar-refractivity contribution in [2.45, 2.75) is 25.8 Å². The smallest absolute Gasteiger partial charge is 0.175 e. The van der Waals surface area contributed by atoms with Gasteiger partial charge in [0.05, 0.1) is 14.2 Å². The molecule has 6 heteroatoms. The van der Waals surface area contributed by atoms with Crippen molar-refractivity contribution in [2.75, 3.05) is 37.9 Å². The van der Waals surface area contributed by atoms with Crippen molar-refractivity contribution in [3.05, 3.63) is 48.0 Å². The fourth-order valence-corrected chi connectivity index (χ4v) is 3.51. The van der Waals surface area contributed by atoms with E-state index in [9.17, 15) is 0 Å². The number of hydrogen-bond donors (Lipinski definition) is 2. The van der Waals surface area contributed by atoms with Crippen LogP contribution in [0.25, 0.3) is 0 Å². The summed E-state index contributed by atoms with van der Waals surface area (Å²) in [6.07, 6.45) is 4.00. The van der Waals surface area contributed by atoms with Gasteiger partial charge in [0, 0.05) is 24.0 Å². The highest BCUT2D eigenvalue weighted by atomic mass is 32.1. The molecule has 0 amide bonds. The molecular formula is C21H27N3O2S. The van der Waals surface area contributed by atoms with E-state index < -0.39 is 0 Å². The Morgan fingerprint density at radius 2 is 1.52 bits per heavy atom. The molecular weight excluding hydrogens is 358 g/mol. The Labute approximate surface area is 166 Å². The quantitative estimate of drug-likeness (QED) is 0.714. The Morgan fingerprint density at radius 3 is 2.19 bits per heavy atom. The minimum Gasteiger partial charge on any atom is -0.493 e. The summed E-state index contributed by atoms with van der Waals surface area (Å²) < 4.78 is 10.6. The summed E-state index contributed by atoms with van der Waals surface area (Å²) in [5.74, 6) is 1.35. The summed E-state index contributed by atoms with van der Waals surface area (Å²) in [6, 6.07) is 14.1. The van der Waals surface area contributed by atoms with Crippen molar-refractivity contribution in [2.24, 2.45) is 0 Å². The second-order valence-electron chi connectivity index (χ2n) is 6.68. The lowest BCUT2D eigenvalue weighted by molar-refractivity contribution is 0.221. The minimum absolute atomic E-state index is 0.533. The van der Waals surface area contributed by atoms with E-state index in [1.165, 1.54) is 37.9 Å². The monoisotopic (exact) mass is 385 g/mol. The molecule has 3 rings (SSSR count). The van der Waals surface area contributed by atoms with Crippen LogP contribution in [0.3, 0.4) is 0 Å². The first-order valence-corrected chi connectivity index (χ1v) is 9.70. The number of hydrogen-bond acceptors (Lipinski definition) is 4. The molecule has 1 saturated heterocycles. The molecule has 1 fully saturated rings. The summed E-state index contributed by atoms with van der Waals surface area (Å²) in [5.41, 5.74) is 3.14. The van der Waals surface area contributed by atoms with Gasteiger partial charge in [-0.25, -0.2) is 0 Å². The van der Waals surface area contributed by atoms with Gasteiger partial charge in [-0.3, -0.25) is 4.90 Å². The Balaban J connectivity index is 1.54. The van der Waals surface area contributed by atoms with E-state index in [1.54, 1.807) is 14.2 Å². The van der Waals surface area contributed by atoms with Crippen molar-refractivity contribution in [3.8, 4) is 11.5 Å². The molecule has 2 N–H and O–H groups in total. The van der Waals surface area contributed by atoms with Crippen LogP contribution in [0.4, 0.5) is 11.4 Å². The second-order valence-corrected chi connectivity index (χ2v) is 7.09. The van der Waals surface area contributed by atoms with Crippen molar-refractivity contribution in [1.82, 2.24) is 4.90 Å². The molecule has 2 aromatic rings. The van der Waals surface area contributed by atoms with E-state index >= 15 is 0 Å². The fraction of sp³-hybridized carbons (Fsp3) is 0.381. The van der Waals surface area contributed by atoms with Crippen LogP contribution in [-0.2, 0) is 6.54 Å². The van der Waals surface area contributed by atoms with Crippen LogP contribution in [0.1, 0.15) is 24.8 Å². The number of anilines is 2. The first kappa shape index (κ1) is 19.5. The second kappa shape index (κ2) is 9.58. The van der Waals surface area contributed by atoms with E-state index in [0.29, 0.717) is 16.6 Å². The highest BCUT2D eigenvalue weighted by molar-refractivity contribution is 7.80. The van der Waals surface area contributed by atoms with Gasteiger partial charge in [-0.05, 0) is 68.0 Å². The molecule has 0 radical (unpaired) electrons. The SMILES string of the molecule is COc1ccc(NC(=S)Nc2ccc(CN3CCCCC3)cc2)cc1OC. The van der Waals surface area contributed by atoms with Gasteiger partial charge in [-0.1, -0.05) is 18.6 Å². The fourth-order valence-electron chi connectivity index (χ4n) is 3.28. The number of nitrogens with zero attached hydrogens (tertiary/aromatic N) is 1. The van der Waals surface area contributed by atoms with Crippen molar-refractivity contribution < 1.29 is 9.47 Å². The van der Waals surface area contributed by atoms with Gasteiger partial charge in [-0.2, -0.15) is 0 Å². The Morgan fingerprint density at radius 1 is 0.889 bits per heavy atom. The summed E-state index contributed by atoms with van der Waals surface area (Å²) >= 11 is 5.42. The standard InChI is InChI=1S/C21H27N3O2S/c1-25-19-11-10-18(14-20(19)26-2)23-21(27)22-17-8-6-16(7-9-17)15-24-12-4-3-5-13-24/h6-11,14H,3-5,12-13,15H2,1-2H3,(H2,22,23,27). The van der Waals surface area contributed by atoms with E-state index in [-0.39, 0.29) is 0 Å². The Hall–Kier alpha value is -2.31. The van der Waals surface area contributed by atoms with E-state index in [2.05, 4.69) is 39.8 Å². The van der Waals surface area contributed by atoms with Gasteiger partial charge >= 0.3 is 0 Å². The molecule has 144 valence electrons. The van der Waals surface area contributed by atoms with Gasteiger partial charge in [0.2, 0.25) is 0 Å². The number of thiocarbonyl (C=S) groups is 1. The predicted octanol–water partition coefficient (Wildman–Crippen LogP) is 4.50. The maximum atomic E-state index is 5.42. The number of benzene rings is 2. The molecule has 0 unspecified atom stereocenters. The predicted molar refractivity (Wildman–Crippen MR) is 115 cm³/mol. The lowest BCUT2D eigenvalue weighted by atomic mass is 10.1. The van der Waals surface area contributed by atoms with Crippen molar-refractivity contribution in [1.29, 1.82) is 0 Å². The van der Waals surface area contributed by atoms with Crippen molar-refractivity contribution >= 4 is 28.7 Å². The van der Waals surface area contributed by atoms with Crippen LogP contribution in [0.15, 0.2) is 42.5 Å². The third-order valence-electron chi connectivity index (χ3n) is 4.71. The third-order valence-corrected chi connectivity index (χ3v) is 4.91. The average Bonchev–Trinajstić information content (AvgIpc) is 2.70. The summed E-state index contributed by atoms with van der Waals surface area (Å²) in [7, 11) is 3.23. The van der Waals surface area contributed by atoms with Crippen LogP contribution < -0.4 is 20.1 Å². The van der Waals surface area contributed by atoms with Crippen LogP contribution in [0.5, 0.6) is 11.5 Å². The summed E-state index contributed by atoms with van der Waals surface area (Å²) in [6.45, 7) is 3.44. The van der Waals surface area contributed by atoms with Gasteiger partial charge in [0.1, 0.15) is 0 Å². The lowest BCUT2D eigenvalue weighted by Gasteiger charge is -2.26. The first-order valence-electron chi connectivity index (χ1n) is 9.29. The normalized spacial score (nSPS) is 14.4. The zero-order valence-corrected chi connectivity index (χ0v) is 16.8. The van der Waals surface area contributed by atoms with E-state index in [4.69, 9.17) is 21.7 Å².